The van der Waals surface area contributed by atoms with Crippen molar-refractivity contribution in [2.24, 2.45) is 0 Å². The van der Waals surface area contributed by atoms with Gasteiger partial charge in [-0.15, -0.1) is 0 Å². The van der Waals surface area contributed by atoms with Gasteiger partial charge in [0.05, 0.1) is 5.69 Å². The molecule has 0 aliphatic carbocycles. The Balaban J connectivity index is 1.55. The van der Waals surface area contributed by atoms with Crippen LogP contribution in [0, 0.1) is 0 Å². The van der Waals surface area contributed by atoms with Crippen LogP contribution >= 0.6 is 0 Å². The van der Waals surface area contributed by atoms with Gasteiger partial charge in [0.25, 0.3) is 5.91 Å². The van der Waals surface area contributed by atoms with Gasteiger partial charge in [-0.1, -0.05) is 18.2 Å². The van der Waals surface area contributed by atoms with Crippen LogP contribution in [0.1, 0.15) is 31.2 Å². The van der Waals surface area contributed by atoms with Crippen LogP contribution in [-0.4, -0.2) is 59.9 Å². The normalized spacial score (nSPS) is 21.9. The topological polar surface area (TPSA) is 73.0 Å². The van der Waals surface area contributed by atoms with E-state index in [1.807, 2.05) is 35.2 Å². The molecule has 1 atom stereocenters. The van der Waals surface area contributed by atoms with E-state index in [0.29, 0.717) is 44.6 Å². The summed E-state index contributed by atoms with van der Waals surface area (Å²) in [4.78, 5) is 40.8. The third kappa shape index (κ3) is 3.30. The highest BCUT2D eigenvalue weighted by atomic mass is 16.2. The molecule has 0 saturated carbocycles. The number of fused-ring (bicyclic) bond motifs is 1. The third-order valence-electron chi connectivity index (χ3n) is 5.62. The standard InChI is InChI=1S/C20H24N4O3/c25-14-16-7-5-12-23(20(27)22-10-3-4-11-22)18(16)19(26)21-24-13-9-15-6-1-2-8-17(15)24/h1-2,6,8,18H,3-5,7,9-13H2,(H,21,26). The number of anilines is 1. The minimum absolute atomic E-state index is 0.151. The summed E-state index contributed by atoms with van der Waals surface area (Å²) in [5.41, 5.74) is 5.43. The van der Waals surface area contributed by atoms with Crippen molar-refractivity contribution in [3.63, 3.8) is 0 Å². The molecule has 1 aromatic carbocycles. The van der Waals surface area contributed by atoms with Gasteiger partial charge < -0.3 is 9.80 Å². The highest BCUT2D eigenvalue weighted by Crippen LogP contribution is 2.27. The first kappa shape index (κ1) is 17.6. The molecule has 1 N–H and O–H groups in total. The first-order valence-corrected chi connectivity index (χ1v) is 9.64. The van der Waals surface area contributed by atoms with Gasteiger partial charge in [0, 0.05) is 31.8 Å². The van der Waals surface area contributed by atoms with Crippen LogP contribution in [0.5, 0.6) is 0 Å². The molecule has 2 fully saturated rings. The minimum Gasteiger partial charge on any atom is -0.325 e. The van der Waals surface area contributed by atoms with E-state index >= 15 is 0 Å². The molecule has 3 heterocycles. The van der Waals surface area contributed by atoms with Crippen LogP contribution in [0.15, 0.2) is 29.8 Å². The maximum atomic E-state index is 13.1. The van der Waals surface area contributed by atoms with Gasteiger partial charge in [-0.25, -0.2) is 9.59 Å². The van der Waals surface area contributed by atoms with E-state index in [0.717, 1.165) is 24.9 Å². The number of hydrogen-bond acceptors (Lipinski definition) is 4. The van der Waals surface area contributed by atoms with Crippen LogP contribution in [0.3, 0.4) is 0 Å². The second-order valence-electron chi connectivity index (χ2n) is 7.31. The van der Waals surface area contributed by atoms with Crippen molar-refractivity contribution in [3.05, 3.63) is 35.4 Å². The molecule has 7 nitrogen and oxygen atoms in total. The number of piperidine rings is 1. The summed E-state index contributed by atoms with van der Waals surface area (Å²) in [5.74, 6) is 1.59. The smallest absolute Gasteiger partial charge is 0.320 e. The van der Waals surface area contributed by atoms with E-state index in [4.69, 9.17) is 0 Å². The zero-order valence-corrected chi connectivity index (χ0v) is 15.3. The number of nitrogens with one attached hydrogen (secondary N) is 1. The number of para-hydroxylation sites is 1. The Labute approximate surface area is 158 Å². The van der Waals surface area contributed by atoms with E-state index in [1.54, 1.807) is 9.80 Å². The van der Waals surface area contributed by atoms with E-state index in [1.165, 1.54) is 5.56 Å². The molecule has 4 rings (SSSR count). The number of carbonyl (C=O) groups is 2. The van der Waals surface area contributed by atoms with E-state index in [9.17, 15) is 14.4 Å². The Morgan fingerprint density at radius 1 is 1.00 bits per heavy atom. The largest absolute Gasteiger partial charge is 0.325 e. The Morgan fingerprint density at radius 3 is 2.56 bits per heavy atom. The quantitative estimate of drug-likeness (QED) is 0.804. The Hall–Kier alpha value is -2.79. The van der Waals surface area contributed by atoms with Crippen LogP contribution in [0.25, 0.3) is 0 Å². The van der Waals surface area contributed by atoms with Gasteiger partial charge in [-0.05, 0) is 43.7 Å². The average Bonchev–Trinajstić information content (AvgIpc) is 3.37. The number of nitrogens with zero attached hydrogens (tertiary/aromatic N) is 3. The SMILES string of the molecule is O=C=C1CCCN(C(=O)N2CCCC2)C1C(=O)NN1CCc2ccccc21. The van der Waals surface area contributed by atoms with Crippen LogP contribution in [0.2, 0.25) is 0 Å². The lowest BCUT2D eigenvalue weighted by Crippen LogP contribution is -2.58. The first-order chi connectivity index (χ1) is 13.2. The molecule has 3 amide bonds. The fraction of sp³-hybridized carbons (Fsp3) is 0.500. The van der Waals surface area contributed by atoms with Crippen LogP contribution in [-0.2, 0) is 16.0 Å². The maximum absolute atomic E-state index is 13.1. The first-order valence-electron chi connectivity index (χ1n) is 9.64. The summed E-state index contributed by atoms with van der Waals surface area (Å²) in [7, 11) is 0. The summed E-state index contributed by atoms with van der Waals surface area (Å²) in [6.07, 6.45) is 4.01. The molecule has 3 aliphatic heterocycles. The lowest BCUT2D eigenvalue weighted by molar-refractivity contribution is -0.125. The molecule has 27 heavy (non-hydrogen) atoms. The van der Waals surface area contributed by atoms with Crippen molar-refractivity contribution in [1.82, 2.24) is 15.2 Å². The number of likely N-dealkylation sites (tertiary alicyclic amines) is 2. The van der Waals surface area contributed by atoms with Crippen molar-refractivity contribution in [1.29, 1.82) is 0 Å². The summed E-state index contributed by atoms with van der Waals surface area (Å²) in [6.45, 7) is 2.58. The molecule has 0 bridgehead atoms. The summed E-state index contributed by atoms with van der Waals surface area (Å²) in [6, 6.07) is 6.90. The number of hydrogen-bond donors (Lipinski definition) is 1. The minimum atomic E-state index is -0.878. The third-order valence-corrected chi connectivity index (χ3v) is 5.62. The van der Waals surface area contributed by atoms with Gasteiger partial charge in [-0.3, -0.25) is 15.2 Å². The molecular weight excluding hydrogens is 344 g/mol. The maximum Gasteiger partial charge on any atom is 0.320 e. The number of hydrazine groups is 1. The fourth-order valence-corrected chi connectivity index (χ4v) is 4.25. The molecular formula is C20H24N4O3. The Morgan fingerprint density at radius 2 is 1.78 bits per heavy atom. The highest BCUT2D eigenvalue weighted by molar-refractivity contribution is 5.93. The average molecular weight is 368 g/mol. The number of carbonyl (C=O) groups excluding carboxylic acids is 3. The summed E-state index contributed by atoms with van der Waals surface area (Å²) in [5, 5.41) is 1.81. The fourth-order valence-electron chi connectivity index (χ4n) is 4.25. The van der Waals surface area contributed by atoms with Gasteiger partial charge in [0.15, 0.2) is 0 Å². The zero-order chi connectivity index (χ0) is 18.8. The molecule has 1 unspecified atom stereocenters. The number of urea groups is 1. The van der Waals surface area contributed by atoms with Crippen molar-refractivity contribution >= 4 is 23.6 Å². The van der Waals surface area contributed by atoms with Crippen molar-refractivity contribution in [2.75, 3.05) is 31.2 Å². The molecule has 0 aromatic heterocycles. The number of rotatable bonds is 2. The lowest BCUT2D eigenvalue weighted by Gasteiger charge is -2.38. The molecule has 0 radical (unpaired) electrons. The molecule has 2 saturated heterocycles. The number of amides is 3. The molecule has 3 aliphatic rings. The second kappa shape index (κ2) is 7.45. The molecule has 0 spiro atoms. The van der Waals surface area contributed by atoms with Crippen molar-refractivity contribution < 1.29 is 14.4 Å². The van der Waals surface area contributed by atoms with Crippen molar-refractivity contribution in [2.45, 2.75) is 38.1 Å². The predicted octanol–water partition coefficient (Wildman–Crippen LogP) is 1.52. The molecule has 7 heteroatoms. The van der Waals surface area contributed by atoms with Gasteiger partial charge in [-0.2, -0.15) is 0 Å². The van der Waals surface area contributed by atoms with Gasteiger partial charge >= 0.3 is 6.03 Å². The lowest BCUT2D eigenvalue weighted by atomic mass is 9.96. The summed E-state index contributed by atoms with van der Waals surface area (Å²) >= 11 is 0. The second-order valence-corrected chi connectivity index (χ2v) is 7.31. The van der Waals surface area contributed by atoms with E-state index < -0.39 is 6.04 Å². The van der Waals surface area contributed by atoms with Gasteiger partial charge in [0.2, 0.25) is 0 Å². The monoisotopic (exact) mass is 368 g/mol. The Bertz CT molecular complexity index is 796. The summed E-state index contributed by atoms with van der Waals surface area (Å²) < 4.78 is 0. The van der Waals surface area contributed by atoms with Crippen LogP contribution < -0.4 is 10.4 Å². The zero-order valence-electron chi connectivity index (χ0n) is 15.3. The van der Waals surface area contributed by atoms with E-state index in [-0.39, 0.29) is 11.9 Å². The Kier molecular flexibility index (Phi) is 4.86. The van der Waals surface area contributed by atoms with E-state index in [2.05, 4.69) is 5.43 Å². The van der Waals surface area contributed by atoms with Crippen LogP contribution in [0.4, 0.5) is 10.5 Å². The van der Waals surface area contributed by atoms with Gasteiger partial charge in [0.1, 0.15) is 12.0 Å². The number of benzene rings is 1. The predicted molar refractivity (Wildman–Crippen MR) is 101 cm³/mol. The molecule has 1 aromatic rings. The molecule has 142 valence electrons. The highest BCUT2D eigenvalue weighted by Gasteiger charge is 2.39. The van der Waals surface area contributed by atoms with Crippen molar-refractivity contribution in [3.8, 4) is 0 Å².